The summed E-state index contributed by atoms with van der Waals surface area (Å²) in [4.78, 5) is 24.5. The zero-order valence-electron chi connectivity index (χ0n) is 17.2. The predicted molar refractivity (Wildman–Crippen MR) is 108 cm³/mol. The maximum atomic E-state index is 12.3. The van der Waals surface area contributed by atoms with E-state index in [9.17, 15) is 9.59 Å². The molecule has 0 fully saturated rings. The van der Waals surface area contributed by atoms with Gasteiger partial charge in [-0.1, -0.05) is 19.9 Å². The van der Waals surface area contributed by atoms with Gasteiger partial charge in [0.05, 0.1) is 18.4 Å². The fraction of sp³-hybridized carbons (Fsp3) is 0.333. The number of aromatic nitrogens is 4. The summed E-state index contributed by atoms with van der Waals surface area (Å²) < 4.78 is 13.8. The summed E-state index contributed by atoms with van der Waals surface area (Å²) in [5.74, 6) is 1.24. The number of methoxy groups -OCH3 is 1. The van der Waals surface area contributed by atoms with Crippen LogP contribution < -0.4 is 15.2 Å². The lowest BCUT2D eigenvalue weighted by Crippen LogP contribution is -2.23. The van der Waals surface area contributed by atoms with Gasteiger partial charge < -0.3 is 9.47 Å². The van der Waals surface area contributed by atoms with Crippen molar-refractivity contribution >= 4 is 5.78 Å². The lowest BCUT2D eigenvalue weighted by Gasteiger charge is -2.15. The second-order valence-electron chi connectivity index (χ2n) is 7.04. The molecule has 0 saturated carbocycles. The molecule has 0 atom stereocenters. The van der Waals surface area contributed by atoms with Gasteiger partial charge in [-0.2, -0.15) is 9.36 Å². The molecule has 0 radical (unpaired) electrons. The van der Waals surface area contributed by atoms with Crippen LogP contribution in [0.5, 0.6) is 11.5 Å². The first-order chi connectivity index (χ1) is 13.8. The second kappa shape index (κ2) is 8.30. The van der Waals surface area contributed by atoms with Crippen LogP contribution >= 0.6 is 0 Å². The first-order valence-corrected chi connectivity index (χ1v) is 9.26. The molecular weight excluding hydrogens is 372 g/mol. The van der Waals surface area contributed by atoms with Gasteiger partial charge in [-0.25, -0.2) is 4.79 Å². The summed E-state index contributed by atoms with van der Waals surface area (Å²) in [6.07, 6.45) is 0. The summed E-state index contributed by atoms with van der Waals surface area (Å²) in [6, 6.07) is 10.7. The van der Waals surface area contributed by atoms with Crippen molar-refractivity contribution < 1.29 is 14.3 Å². The number of carbonyl (C=O) groups is 1. The molecule has 0 unspecified atom stereocenters. The first kappa shape index (κ1) is 20.3. The van der Waals surface area contributed by atoms with E-state index >= 15 is 0 Å². The molecule has 3 aromatic rings. The Bertz CT molecular complexity index is 1100. The SMILES string of the molecule is COc1cccc(-n2nnn(C)c2=O)c1COc1ccc(C(=O)C(C)C)cc1C. The minimum atomic E-state index is -0.368. The van der Waals surface area contributed by atoms with E-state index in [1.165, 1.54) is 11.7 Å². The minimum Gasteiger partial charge on any atom is -0.496 e. The van der Waals surface area contributed by atoms with E-state index in [0.29, 0.717) is 28.3 Å². The average Bonchev–Trinajstić information content (AvgIpc) is 3.04. The fourth-order valence-corrected chi connectivity index (χ4v) is 3.00. The molecule has 0 amide bonds. The quantitative estimate of drug-likeness (QED) is 0.571. The Morgan fingerprint density at radius 2 is 1.90 bits per heavy atom. The van der Waals surface area contributed by atoms with Crippen molar-refractivity contribution in [2.75, 3.05) is 7.11 Å². The van der Waals surface area contributed by atoms with Gasteiger partial charge in [-0.3, -0.25) is 4.79 Å². The molecule has 1 heterocycles. The van der Waals surface area contributed by atoms with E-state index < -0.39 is 0 Å². The molecule has 0 spiro atoms. The topological polar surface area (TPSA) is 88.2 Å². The Morgan fingerprint density at radius 3 is 2.48 bits per heavy atom. The molecule has 0 N–H and O–H groups in total. The number of benzene rings is 2. The van der Waals surface area contributed by atoms with Crippen LogP contribution in [0.4, 0.5) is 0 Å². The van der Waals surface area contributed by atoms with Crippen LogP contribution in [0.2, 0.25) is 0 Å². The van der Waals surface area contributed by atoms with Crippen molar-refractivity contribution in [2.45, 2.75) is 27.4 Å². The molecule has 0 aliphatic heterocycles. The van der Waals surface area contributed by atoms with Gasteiger partial charge in [0.15, 0.2) is 5.78 Å². The van der Waals surface area contributed by atoms with Gasteiger partial charge in [-0.05, 0) is 53.2 Å². The number of Topliss-reactive ketones (excluding diaryl/α,β-unsaturated/α-hetero) is 1. The van der Waals surface area contributed by atoms with Crippen LogP contribution in [0.25, 0.3) is 5.69 Å². The van der Waals surface area contributed by atoms with Crippen molar-refractivity contribution in [1.82, 2.24) is 19.8 Å². The summed E-state index contributed by atoms with van der Waals surface area (Å²) >= 11 is 0. The van der Waals surface area contributed by atoms with E-state index in [2.05, 4.69) is 10.4 Å². The molecule has 0 bridgehead atoms. The Balaban J connectivity index is 1.92. The lowest BCUT2D eigenvalue weighted by molar-refractivity contribution is 0.0939. The molecule has 0 saturated heterocycles. The predicted octanol–water partition coefficient (Wildman–Crippen LogP) is 2.70. The average molecular weight is 396 g/mol. The maximum absolute atomic E-state index is 12.3. The van der Waals surface area contributed by atoms with Crippen LogP contribution in [0, 0.1) is 12.8 Å². The third-order valence-electron chi connectivity index (χ3n) is 4.63. The Morgan fingerprint density at radius 1 is 1.14 bits per heavy atom. The maximum Gasteiger partial charge on any atom is 0.368 e. The smallest absolute Gasteiger partial charge is 0.368 e. The van der Waals surface area contributed by atoms with Gasteiger partial charge in [0, 0.05) is 18.5 Å². The minimum absolute atomic E-state index is 0.0670. The summed E-state index contributed by atoms with van der Waals surface area (Å²) in [6.45, 7) is 5.79. The molecule has 3 rings (SSSR count). The van der Waals surface area contributed by atoms with Crippen LogP contribution in [0.1, 0.15) is 35.3 Å². The molecule has 29 heavy (non-hydrogen) atoms. The highest BCUT2D eigenvalue weighted by Gasteiger charge is 2.17. The van der Waals surface area contributed by atoms with E-state index in [1.807, 2.05) is 26.8 Å². The van der Waals surface area contributed by atoms with Crippen molar-refractivity contribution in [2.24, 2.45) is 13.0 Å². The summed E-state index contributed by atoms with van der Waals surface area (Å²) in [5, 5.41) is 7.68. The largest absolute Gasteiger partial charge is 0.496 e. The highest BCUT2D eigenvalue weighted by molar-refractivity contribution is 5.97. The molecule has 8 heteroatoms. The number of nitrogens with zero attached hydrogens (tertiary/aromatic N) is 4. The number of hydrogen-bond acceptors (Lipinski definition) is 6. The fourth-order valence-electron chi connectivity index (χ4n) is 3.00. The third kappa shape index (κ3) is 4.06. The normalized spacial score (nSPS) is 11.0. The number of hydrogen-bond donors (Lipinski definition) is 0. The zero-order valence-corrected chi connectivity index (χ0v) is 17.2. The van der Waals surface area contributed by atoms with Gasteiger partial charge in [0.25, 0.3) is 0 Å². The van der Waals surface area contributed by atoms with Crippen LogP contribution in [0.15, 0.2) is 41.2 Å². The van der Waals surface area contributed by atoms with Crippen molar-refractivity contribution in [3.05, 3.63) is 63.6 Å². The van der Waals surface area contributed by atoms with Crippen LogP contribution in [-0.2, 0) is 13.7 Å². The Kier molecular flexibility index (Phi) is 5.81. The van der Waals surface area contributed by atoms with Crippen LogP contribution in [0.3, 0.4) is 0 Å². The second-order valence-corrected chi connectivity index (χ2v) is 7.04. The summed E-state index contributed by atoms with van der Waals surface area (Å²) in [5.41, 5.74) is 2.34. The molecular formula is C21H24N4O4. The van der Waals surface area contributed by atoms with Crippen molar-refractivity contribution in [3.63, 3.8) is 0 Å². The zero-order chi connectivity index (χ0) is 21.1. The summed E-state index contributed by atoms with van der Waals surface area (Å²) in [7, 11) is 3.09. The number of carbonyl (C=O) groups excluding carboxylic acids is 1. The van der Waals surface area contributed by atoms with Gasteiger partial charge >= 0.3 is 5.69 Å². The molecule has 152 valence electrons. The Hall–Kier alpha value is -3.42. The highest BCUT2D eigenvalue weighted by atomic mass is 16.5. The number of tetrazole rings is 1. The lowest BCUT2D eigenvalue weighted by atomic mass is 9.99. The molecule has 8 nitrogen and oxygen atoms in total. The third-order valence-corrected chi connectivity index (χ3v) is 4.63. The molecule has 2 aromatic carbocycles. The van der Waals surface area contributed by atoms with Crippen molar-refractivity contribution in [1.29, 1.82) is 0 Å². The number of ether oxygens (including phenoxy) is 2. The van der Waals surface area contributed by atoms with Gasteiger partial charge in [-0.15, -0.1) is 0 Å². The van der Waals surface area contributed by atoms with E-state index in [1.54, 1.807) is 37.4 Å². The number of ketones is 1. The monoisotopic (exact) mass is 396 g/mol. The van der Waals surface area contributed by atoms with Gasteiger partial charge in [0.2, 0.25) is 0 Å². The number of aryl methyl sites for hydroxylation is 2. The van der Waals surface area contributed by atoms with E-state index in [-0.39, 0.29) is 24.0 Å². The van der Waals surface area contributed by atoms with E-state index in [0.717, 1.165) is 10.2 Å². The first-order valence-electron chi connectivity index (χ1n) is 9.26. The Labute approximate surface area is 168 Å². The highest BCUT2D eigenvalue weighted by Crippen LogP contribution is 2.28. The van der Waals surface area contributed by atoms with Crippen molar-refractivity contribution in [3.8, 4) is 17.2 Å². The van der Waals surface area contributed by atoms with E-state index in [4.69, 9.17) is 9.47 Å². The van der Waals surface area contributed by atoms with Crippen LogP contribution in [-0.4, -0.2) is 32.7 Å². The molecule has 1 aromatic heterocycles. The number of rotatable bonds is 7. The van der Waals surface area contributed by atoms with Gasteiger partial charge in [0.1, 0.15) is 18.1 Å². The standard InChI is InChI=1S/C21H24N4O4/c1-13(2)20(26)15-9-10-18(14(3)11-15)29-12-16-17(7-6-8-19(16)28-5)25-21(27)24(4)22-23-25/h6-11,13H,12H2,1-5H3. The molecule has 0 aliphatic rings. The molecule has 0 aliphatic carbocycles.